The van der Waals surface area contributed by atoms with E-state index in [4.69, 9.17) is 5.11 Å². The Labute approximate surface area is 169 Å². The van der Waals surface area contributed by atoms with E-state index in [-0.39, 0.29) is 25.0 Å². The second kappa shape index (κ2) is 11.9. The topological polar surface area (TPSA) is 81.2 Å². The quantitative estimate of drug-likeness (QED) is 0.372. The van der Waals surface area contributed by atoms with Crippen molar-refractivity contribution >= 4 is 18.0 Å². The molecule has 1 N–H and O–H groups in total. The summed E-state index contributed by atoms with van der Waals surface area (Å²) in [5.41, 5.74) is 0. The van der Waals surface area contributed by atoms with Crippen molar-refractivity contribution in [3.8, 4) is 0 Å². The number of fused-ring (bicyclic) bond motifs is 1. The number of rotatable bonds is 13. The number of urea groups is 1. The average Bonchev–Trinajstić information content (AvgIpc) is 2.93. The summed E-state index contributed by atoms with van der Waals surface area (Å²) in [7, 11) is 0. The normalized spacial score (nSPS) is 19.5. The van der Waals surface area contributed by atoms with Crippen LogP contribution in [0.2, 0.25) is 0 Å². The number of imide groups is 1. The van der Waals surface area contributed by atoms with Gasteiger partial charge in [-0.1, -0.05) is 77.6 Å². The molecule has 1 atom stereocenters. The van der Waals surface area contributed by atoms with Crippen LogP contribution < -0.4 is 0 Å². The number of nitrogens with zero attached hydrogens (tertiary/aromatic N) is 3. The van der Waals surface area contributed by atoms with E-state index in [1.54, 1.807) is 0 Å². The minimum Gasteiger partial charge on any atom is -0.465 e. The van der Waals surface area contributed by atoms with Crippen molar-refractivity contribution in [2.75, 3.05) is 26.2 Å². The first-order valence-electron chi connectivity index (χ1n) is 11.2. The fourth-order valence-electron chi connectivity index (χ4n) is 4.14. The molecule has 28 heavy (non-hydrogen) atoms. The van der Waals surface area contributed by atoms with Crippen LogP contribution in [0, 0.1) is 0 Å². The molecule has 2 saturated heterocycles. The van der Waals surface area contributed by atoms with Gasteiger partial charge < -0.3 is 14.9 Å². The summed E-state index contributed by atoms with van der Waals surface area (Å²) < 4.78 is 0. The van der Waals surface area contributed by atoms with E-state index in [0.29, 0.717) is 13.1 Å². The Morgan fingerprint density at radius 1 is 0.893 bits per heavy atom. The fraction of sp³-hybridized carbons (Fsp3) is 0.857. The highest BCUT2D eigenvalue weighted by molar-refractivity contribution is 6.04. The lowest BCUT2D eigenvalue weighted by Gasteiger charge is -2.33. The molecule has 0 aromatic rings. The number of hydrogen-bond acceptors (Lipinski definition) is 3. The molecule has 0 saturated carbocycles. The van der Waals surface area contributed by atoms with Crippen molar-refractivity contribution in [1.82, 2.24) is 14.7 Å². The third-order valence-electron chi connectivity index (χ3n) is 5.91. The Morgan fingerprint density at radius 2 is 1.43 bits per heavy atom. The van der Waals surface area contributed by atoms with Crippen molar-refractivity contribution < 1.29 is 19.5 Å². The van der Waals surface area contributed by atoms with Gasteiger partial charge >= 0.3 is 12.1 Å². The minimum absolute atomic E-state index is 0.0921. The maximum Gasteiger partial charge on any atom is 0.407 e. The van der Waals surface area contributed by atoms with E-state index in [0.717, 1.165) is 19.3 Å². The third kappa shape index (κ3) is 6.38. The predicted octanol–water partition coefficient (Wildman–Crippen LogP) is 4.31. The van der Waals surface area contributed by atoms with Crippen molar-refractivity contribution in [1.29, 1.82) is 0 Å². The van der Waals surface area contributed by atoms with Crippen molar-refractivity contribution in [2.24, 2.45) is 0 Å². The summed E-state index contributed by atoms with van der Waals surface area (Å²) in [5, 5.41) is 9.10. The van der Waals surface area contributed by atoms with Crippen LogP contribution in [0.5, 0.6) is 0 Å². The van der Waals surface area contributed by atoms with Crippen LogP contribution in [0.3, 0.4) is 0 Å². The van der Waals surface area contributed by atoms with Gasteiger partial charge in [0.25, 0.3) is 5.91 Å². The Bertz CT molecular complexity index is 526. The molecule has 0 aromatic heterocycles. The first-order valence-corrected chi connectivity index (χ1v) is 11.2. The molecular formula is C21H37N3O4. The van der Waals surface area contributed by atoms with Crippen molar-refractivity contribution in [3.05, 3.63) is 0 Å². The van der Waals surface area contributed by atoms with Crippen LogP contribution in [0.4, 0.5) is 9.59 Å². The molecule has 0 bridgehead atoms. The smallest absolute Gasteiger partial charge is 0.407 e. The Hall–Kier alpha value is -1.79. The summed E-state index contributed by atoms with van der Waals surface area (Å²) in [5.74, 6) is -0.237. The van der Waals surface area contributed by atoms with E-state index < -0.39 is 12.1 Å². The molecule has 160 valence electrons. The maximum atomic E-state index is 12.5. The second-order valence-electron chi connectivity index (χ2n) is 8.10. The van der Waals surface area contributed by atoms with Crippen LogP contribution in [-0.4, -0.2) is 70.1 Å². The molecule has 2 fully saturated rings. The number of piperazine rings is 1. The Morgan fingerprint density at radius 3 is 1.96 bits per heavy atom. The molecule has 0 aliphatic carbocycles. The van der Waals surface area contributed by atoms with Gasteiger partial charge in [0.2, 0.25) is 0 Å². The summed E-state index contributed by atoms with van der Waals surface area (Å²) in [6.45, 7) is 3.37. The Kier molecular flexibility index (Phi) is 9.58. The lowest BCUT2D eigenvalue weighted by Crippen LogP contribution is -2.54. The monoisotopic (exact) mass is 395 g/mol. The standard InChI is InChI=1S/C21H37N3O4/c1-2-3-4-5-6-7-8-9-10-11-12-13-14-24-19(25)18-17-22(21(27)28)15-16-23(18)20(24)26/h18H,2-17H2,1H3,(H,27,28). The highest BCUT2D eigenvalue weighted by Gasteiger charge is 2.47. The third-order valence-corrected chi connectivity index (χ3v) is 5.91. The van der Waals surface area contributed by atoms with Gasteiger partial charge in [0.05, 0.1) is 6.54 Å². The van der Waals surface area contributed by atoms with E-state index in [1.807, 2.05) is 0 Å². The summed E-state index contributed by atoms with van der Waals surface area (Å²) >= 11 is 0. The number of carbonyl (C=O) groups excluding carboxylic acids is 2. The average molecular weight is 396 g/mol. The zero-order valence-electron chi connectivity index (χ0n) is 17.4. The highest BCUT2D eigenvalue weighted by atomic mass is 16.4. The molecule has 2 aliphatic rings. The minimum atomic E-state index is -1.03. The SMILES string of the molecule is CCCCCCCCCCCCCCN1C(=O)C2CN(C(=O)O)CCN2C1=O. The first kappa shape index (κ1) is 22.5. The van der Waals surface area contributed by atoms with Crippen molar-refractivity contribution in [2.45, 2.75) is 90.0 Å². The van der Waals surface area contributed by atoms with Gasteiger partial charge in [0, 0.05) is 19.6 Å². The van der Waals surface area contributed by atoms with Gasteiger partial charge in [-0.2, -0.15) is 0 Å². The number of unbranched alkanes of at least 4 members (excludes halogenated alkanes) is 11. The van der Waals surface area contributed by atoms with Gasteiger partial charge in [-0.05, 0) is 6.42 Å². The molecule has 0 aromatic carbocycles. The molecule has 2 aliphatic heterocycles. The summed E-state index contributed by atoms with van der Waals surface area (Å²) in [4.78, 5) is 40.1. The van der Waals surface area contributed by atoms with Gasteiger partial charge in [0.15, 0.2) is 0 Å². The maximum absolute atomic E-state index is 12.5. The van der Waals surface area contributed by atoms with Crippen LogP contribution in [0.15, 0.2) is 0 Å². The van der Waals surface area contributed by atoms with Gasteiger partial charge in [-0.3, -0.25) is 9.69 Å². The molecule has 7 heteroatoms. The molecule has 4 amide bonds. The fourth-order valence-corrected chi connectivity index (χ4v) is 4.14. The zero-order chi connectivity index (χ0) is 20.4. The number of carboxylic acid groups (broad SMARTS) is 1. The molecule has 2 heterocycles. The van der Waals surface area contributed by atoms with E-state index >= 15 is 0 Å². The van der Waals surface area contributed by atoms with Gasteiger partial charge in [-0.25, -0.2) is 9.59 Å². The van der Waals surface area contributed by atoms with Crippen molar-refractivity contribution in [3.63, 3.8) is 0 Å². The molecule has 7 nitrogen and oxygen atoms in total. The number of hydrogen-bond donors (Lipinski definition) is 1. The van der Waals surface area contributed by atoms with E-state index in [9.17, 15) is 14.4 Å². The zero-order valence-corrected chi connectivity index (χ0v) is 17.4. The number of carbonyl (C=O) groups is 3. The highest BCUT2D eigenvalue weighted by Crippen LogP contribution is 2.23. The van der Waals surface area contributed by atoms with Crippen LogP contribution >= 0.6 is 0 Å². The second-order valence-corrected chi connectivity index (χ2v) is 8.10. The first-order chi connectivity index (χ1) is 13.6. The van der Waals surface area contributed by atoms with Gasteiger partial charge in [-0.15, -0.1) is 0 Å². The molecular weight excluding hydrogens is 358 g/mol. The molecule has 2 rings (SSSR count). The lowest BCUT2D eigenvalue weighted by atomic mass is 10.1. The number of amides is 4. The van der Waals surface area contributed by atoms with Gasteiger partial charge in [0.1, 0.15) is 6.04 Å². The molecule has 1 unspecified atom stereocenters. The summed E-state index contributed by atoms with van der Waals surface area (Å²) in [6, 6.07) is -0.877. The molecule has 0 spiro atoms. The van der Waals surface area contributed by atoms with Crippen LogP contribution in [0.25, 0.3) is 0 Å². The van der Waals surface area contributed by atoms with Crippen LogP contribution in [0.1, 0.15) is 84.0 Å². The predicted molar refractivity (Wildman–Crippen MR) is 108 cm³/mol. The van der Waals surface area contributed by atoms with E-state index in [1.165, 1.54) is 72.5 Å². The lowest BCUT2D eigenvalue weighted by molar-refractivity contribution is -0.129. The molecule has 0 radical (unpaired) electrons. The largest absolute Gasteiger partial charge is 0.465 e. The van der Waals surface area contributed by atoms with Crippen LogP contribution in [-0.2, 0) is 4.79 Å². The summed E-state index contributed by atoms with van der Waals surface area (Å²) in [6.07, 6.45) is 13.9. The van der Waals surface area contributed by atoms with E-state index in [2.05, 4.69) is 6.92 Å². The Balaban J connectivity index is 1.54.